The number of benzene rings is 2. The number of rotatable bonds is 0. The summed E-state index contributed by atoms with van der Waals surface area (Å²) < 4.78 is 0. The number of anilines is 1. The van der Waals surface area contributed by atoms with Crippen molar-refractivity contribution < 1.29 is 9.59 Å². The molecular formula is C16H15N3O2. The molecule has 0 bridgehead atoms. The van der Waals surface area contributed by atoms with Crippen molar-refractivity contribution in [1.29, 1.82) is 0 Å². The van der Waals surface area contributed by atoms with E-state index in [0.717, 1.165) is 35.2 Å². The summed E-state index contributed by atoms with van der Waals surface area (Å²) in [6.07, 6.45) is 0. The monoisotopic (exact) mass is 281 g/mol. The summed E-state index contributed by atoms with van der Waals surface area (Å²) in [5.74, 6) is -0.615. The van der Waals surface area contributed by atoms with Gasteiger partial charge in [0.25, 0.3) is 11.8 Å². The fraction of sp³-hybridized carbons (Fsp3) is 0.250. The van der Waals surface area contributed by atoms with Crippen LogP contribution in [-0.4, -0.2) is 37.5 Å². The van der Waals surface area contributed by atoms with Crippen LogP contribution in [0, 0.1) is 0 Å². The quantitative estimate of drug-likeness (QED) is 0.745. The number of nitrogens with one attached hydrogen (secondary N) is 1. The third-order valence-electron chi connectivity index (χ3n) is 4.20. The third-order valence-corrected chi connectivity index (χ3v) is 4.20. The SMILES string of the molecule is CN1Cc2cc3c4c(cccc4c2N(C)C1)C(=O)NC3=O. The van der Waals surface area contributed by atoms with Gasteiger partial charge in [0, 0.05) is 41.2 Å². The van der Waals surface area contributed by atoms with Crippen molar-refractivity contribution in [3.63, 3.8) is 0 Å². The lowest BCUT2D eigenvalue weighted by Crippen LogP contribution is -2.39. The smallest absolute Gasteiger partial charge is 0.258 e. The first-order valence-electron chi connectivity index (χ1n) is 6.90. The van der Waals surface area contributed by atoms with E-state index in [1.807, 2.05) is 25.2 Å². The molecule has 2 aromatic rings. The van der Waals surface area contributed by atoms with Gasteiger partial charge in [-0.3, -0.25) is 19.8 Å². The van der Waals surface area contributed by atoms with Crippen molar-refractivity contribution in [1.82, 2.24) is 10.2 Å². The molecule has 21 heavy (non-hydrogen) atoms. The number of fused-ring (bicyclic) bond motifs is 2. The maximum atomic E-state index is 12.2. The molecule has 0 spiro atoms. The third kappa shape index (κ3) is 1.61. The fourth-order valence-corrected chi connectivity index (χ4v) is 3.48. The molecule has 0 fully saturated rings. The molecule has 0 saturated heterocycles. The minimum atomic E-state index is -0.311. The van der Waals surface area contributed by atoms with Crippen molar-refractivity contribution in [3.05, 3.63) is 41.0 Å². The van der Waals surface area contributed by atoms with Crippen LogP contribution in [0.15, 0.2) is 24.3 Å². The average molecular weight is 281 g/mol. The van der Waals surface area contributed by atoms with Gasteiger partial charge in [-0.1, -0.05) is 12.1 Å². The molecule has 2 aliphatic heterocycles. The first kappa shape index (κ1) is 12.3. The van der Waals surface area contributed by atoms with E-state index in [1.165, 1.54) is 0 Å². The molecule has 2 amide bonds. The number of amides is 2. The summed E-state index contributed by atoms with van der Waals surface area (Å²) in [4.78, 5) is 28.6. The normalized spacial score (nSPS) is 17.9. The topological polar surface area (TPSA) is 52.6 Å². The van der Waals surface area contributed by atoms with Gasteiger partial charge in [-0.05, 0) is 24.7 Å². The molecule has 0 aromatic heterocycles. The van der Waals surface area contributed by atoms with E-state index >= 15 is 0 Å². The Balaban J connectivity index is 2.15. The summed E-state index contributed by atoms with van der Waals surface area (Å²) in [6.45, 7) is 1.62. The van der Waals surface area contributed by atoms with Crippen molar-refractivity contribution in [2.75, 3.05) is 25.7 Å². The second kappa shape index (κ2) is 4.05. The summed E-state index contributed by atoms with van der Waals surface area (Å²) in [5, 5.41) is 4.18. The zero-order valence-corrected chi connectivity index (χ0v) is 11.9. The summed E-state index contributed by atoms with van der Waals surface area (Å²) >= 11 is 0. The highest BCUT2D eigenvalue weighted by atomic mass is 16.2. The number of hydrogen-bond acceptors (Lipinski definition) is 4. The lowest BCUT2D eigenvalue weighted by Gasteiger charge is -2.36. The lowest BCUT2D eigenvalue weighted by atomic mass is 9.90. The highest BCUT2D eigenvalue weighted by Gasteiger charge is 2.29. The molecule has 4 rings (SSSR count). The predicted molar refractivity (Wildman–Crippen MR) is 80.5 cm³/mol. The Bertz CT molecular complexity index is 813. The summed E-state index contributed by atoms with van der Waals surface area (Å²) in [7, 11) is 4.09. The van der Waals surface area contributed by atoms with Crippen molar-refractivity contribution in [2.24, 2.45) is 0 Å². The zero-order valence-electron chi connectivity index (χ0n) is 11.9. The van der Waals surface area contributed by atoms with Gasteiger partial charge in [0.15, 0.2) is 0 Å². The van der Waals surface area contributed by atoms with E-state index in [1.54, 1.807) is 6.07 Å². The molecule has 2 heterocycles. The standard InChI is InChI=1S/C16H15N3O2/c1-18-7-9-6-12-13-10(14(9)19(2)8-18)4-3-5-11(13)15(20)17-16(12)21/h3-6H,7-8H2,1-2H3,(H,17,20,21). The van der Waals surface area contributed by atoms with E-state index in [2.05, 4.69) is 22.2 Å². The van der Waals surface area contributed by atoms with Crippen LogP contribution in [0.3, 0.4) is 0 Å². The molecule has 0 radical (unpaired) electrons. The van der Waals surface area contributed by atoms with E-state index in [4.69, 9.17) is 0 Å². The van der Waals surface area contributed by atoms with Crippen LogP contribution in [-0.2, 0) is 6.54 Å². The average Bonchev–Trinajstić information content (AvgIpc) is 2.43. The fourth-order valence-electron chi connectivity index (χ4n) is 3.48. The minimum absolute atomic E-state index is 0.303. The highest BCUT2D eigenvalue weighted by Crippen LogP contribution is 2.38. The first-order valence-corrected chi connectivity index (χ1v) is 6.90. The second-order valence-corrected chi connectivity index (χ2v) is 5.80. The Morgan fingerprint density at radius 2 is 1.86 bits per heavy atom. The second-order valence-electron chi connectivity index (χ2n) is 5.80. The van der Waals surface area contributed by atoms with Gasteiger partial charge >= 0.3 is 0 Å². The molecule has 0 unspecified atom stereocenters. The van der Waals surface area contributed by atoms with Gasteiger partial charge in [-0.25, -0.2) is 0 Å². The van der Waals surface area contributed by atoms with Gasteiger partial charge in [0.1, 0.15) is 0 Å². The van der Waals surface area contributed by atoms with Crippen LogP contribution in [0.5, 0.6) is 0 Å². The van der Waals surface area contributed by atoms with E-state index in [-0.39, 0.29) is 11.8 Å². The molecule has 2 aliphatic rings. The minimum Gasteiger partial charge on any atom is -0.361 e. The highest BCUT2D eigenvalue weighted by molar-refractivity contribution is 6.27. The predicted octanol–water partition coefficient (Wildman–Crippen LogP) is 1.56. The Kier molecular flexibility index (Phi) is 2.38. The van der Waals surface area contributed by atoms with Crippen LogP contribution in [0.2, 0.25) is 0 Å². The molecule has 5 heteroatoms. The number of hydrogen-bond donors (Lipinski definition) is 1. The molecule has 2 aromatic carbocycles. The van der Waals surface area contributed by atoms with Crippen LogP contribution in [0.25, 0.3) is 10.8 Å². The summed E-state index contributed by atoms with van der Waals surface area (Å²) in [5.41, 5.74) is 3.42. The van der Waals surface area contributed by atoms with Crippen LogP contribution < -0.4 is 10.2 Å². The van der Waals surface area contributed by atoms with Gasteiger partial charge < -0.3 is 4.90 Å². The number of nitrogens with zero attached hydrogens (tertiary/aromatic N) is 2. The zero-order chi connectivity index (χ0) is 14.7. The van der Waals surface area contributed by atoms with Crippen LogP contribution in [0.4, 0.5) is 5.69 Å². The molecule has 0 aliphatic carbocycles. The maximum absolute atomic E-state index is 12.2. The molecule has 5 nitrogen and oxygen atoms in total. The Morgan fingerprint density at radius 1 is 1.10 bits per heavy atom. The van der Waals surface area contributed by atoms with Gasteiger partial charge in [-0.15, -0.1) is 0 Å². The van der Waals surface area contributed by atoms with Crippen molar-refractivity contribution in [2.45, 2.75) is 6.54 Å². The molecule has 1 N–H and O–H groups in total. The lowest BCUT2D eigenvalue weighted by molar-refractivity contribution is 0.0845. The van der Waals surface area contributed by atoms with Gasteiger partial charge in [0.05, 0.1) is 6.67 Å². The van der Waals surface area contributed by atoms with Crippen molar-refractivity contribution >= 4 is 28.3 Å². The Labute approximate surface area is 122 Å². The Hall–Kier alpha value is -2.40. The molecular weight excluding hydrogens is 266 g/mol. The maximum Gasteiger partial charge on any atom is 0.258 e. The molecule has 0 atom stereocenters. The van der Waals surface area contributed by atoms with Crippen LogP contribution in [0.1, 0.15) is 26.3 Å². The van der Waals surface area contributed by atoms with Crippen LogP contribution >= 0.6 is 0 Å². The van der Waals surface area contributed by atoms with Gasteiger partial charge in [0.2, 0.25) is 0 Å². The van der Waals surface area contributed by atoms with Gasteiger partial charge in [-0.2, -0.15) is 0 Å². The summed E-state index contributed by atoms with van der Waals surface area (Å²) in [6, 6.07) is 7.57. The molecule has 106 valence electrons. The number of carbonyl (C=O) groups is 2. The number of carbonyl (C=O) groups excluding carboxylic acids is 2. The van der Waals surface area contributed by atoms with E-state index < -0.39 is 0 Å². The number of imide groups is 1. The van der Waals surface area contributed by atoms with Crippen molar-refractivity contribution in [3.8, 4) is 0 Å². The van der Waals surface area contributed by atoms with E-state index in [9.17, 15) is 9.59 Å². The largest absolute Gasteiger partial charge is 0.361 e. The Morgan fingerprint density at radius 3 is 2.67 bits per heavy atom. The molecule has 0 saturated carbocycles. The van der Waals surface area contributed by atoms with E-state index in [0.29, 0.717) is 11.1 Å². The first-order chi connectivity index (χ1) is 10.1.